The number of nitrogens with two attached hydrogens (primary N) is 1. The molecule has 1 amide bonds. The molecular formula is C7H14N2O3. The molecule has 2 unspecified atom stereocenters. The standard InChI is InChI=1S/C7H14N2O3/c8-4-7(12)3-1-2-5(7)9-6(10)11/h5,9,12H,1-4,8H2,(H,10,11). The van der Waals surface area contributed by atoms with Gasteiger partial charge in [0.25, 0.3) is 0 Å². The van der Waals surface area contributed by atoms with Crippen LogP contribution in [-0.4, -0.2) is 34.5 Å². The summed E-state index contributed by atoms with van der Waals surface area (Å²) in [4.78, 5) is 10.3. The second-order valence-corrected chi connectivity index (χ2v) is 3.20. The lowest BCUT2D eigenvalue weighted by Crippen LogP contribution is -2.52. The lowest BCUT2D eigenvalue weighted by atomic mass is 9.98. The van der Waals surface area contributed by atoms with Crippen molar-refractivity contribution in [2.24, 2.45) is 5.73 Å². The van der Waals surface area contributed by atoms with E-state index in [2.05, 4.69) is 5.32 Å². The molecule has 0 aliphatic heterocycles. The summed E-state index contributed by atoms with van der Waals surface area (Å²) in [5.74, 6) is 0. The van der Waals surface area contributed by atoms with E-state index in [0.717, 1.165) is 6.42 Å². The van der Waals surface area contributed by atoms with Crippen molar-refractivity contribution in [2.45, 2.75) is 30.9 Å². The second kappa shape index (κ2) is 3.28. The van der Waals surface area contributed by atoms with Crippen LogP contribution >= 0.6 is 0 Å². The topological polar surface area (TPSA) is 95.6 Å². The highest BCUT2D eigenvalue weighted by molar-refractivity contribution is 5.65. The van der Waals surface area contributed by atoms with Crippen LogP contribution in [0.4, 0.5) is 4.79 Å². The average molecular weight is 174 g/mol. The van der Waals surface area contributed by atoms with Gasteiger partial charge in [-0.15, -0.1) is 0 Å². The van der Waals surface area contributed by atoms with E-state index in [1.54, 1.807) is 0 Å². The molecule has 1 fully saturated rings. The van der Waals surface area contributed by atoms with Gasteiger partial charge >= 0.3 is 6.09 Å². The highest BCUT2D eigenvalue weighted by atomic mass is 16.4. The third-order valence-electron chi connectivity index (χ3n) is 2.40. The maximum atomic E-state index is 10.3. The first kappa shape index (κ1) is 9.28. The Labute approximate surface area is 70.6 Å². The van der Waals surface area contributed by atoms with E-state index in [9.17, 15) is 9.90 Å². The smallest absolute Gasteiger partial charge is 0.404 e. The van der Waals surface area contributed by atoms with Crippen molar-refractivity contribution in [3.05, 3.63) is 0 Å². The number of carbonyl (C=O) groups is 1. The molecule has 0 bridgehead atoms. The Morgan fingerprint density at radius 2 is 2.42 bits per heavy atom. The highest BCUT2D eigenvalue weighted by Gasteiger charge is 2.40. The molecule has 0 radical (unpaired) electrons. The first-order valence-electron chi connectivity index (χ1n) is 4.00. The summed E-state index contributed by atoms with van der Waals surface area (Å²) in [6.45, 7) is 0.109. The van der Waals surface area contributed by atoms with Crippen molar-refractivity contribution in [3.63, 3.8) is 0 Å². The van der Waals surface area contributed by atoms with Crippen LogP contribution in [0.5, 0.6) is 0 Å². The number of aliphatic hydroxyl groups is 1. The Balaban J connectivity index is 2.57. The van der Waals surface area contributed by atoms with Crippen LogP contribution < -0.4 is 11.1 Å². The van der Waals surface area contributed by atoms with Gasteiger partial charge in [-0.2, -0.15) is 0 Å². The number of hydrogen-bond acceptors (Lipinski definition) is 3. The fourth-order valence-electron chi connectivity index (χ4n) is 1.66. The molecule has 0 heterocycles. The highest BCUT2D eigenvalue weighted by Crippen LogP contribution is 2.28. The van der Waals surface area contributed by atoms with E-state index >= 15 is 0 Å². The maximum absolute atomic E-state index is 10.3. The fourth-order valence-corrected chi connectivity index (χ4v) is 1.66. The molecule has 0 aromatic rings. The van der Waals surface area contributed by atoms with Crippen LogP contribution in [0.15, 0.2) is 0 Å². The molecule has 0 saturated heterocycles. The van der Waals surface area contributed by atoms with Gasteiger partial charge in [0.2, 0.25) is 0 Å². The SMILES string of the molecule is NCC1(O)CCCC1NC(=O)O. The lowest BCUT2D eigenvalue weighted by Gasteiger charge is -2.28. The predicted molar refractivity (Wildman–Crippen MR) is 42.8 cm³/mol. The van der Waals surface area contributed by atoms with Gasteiger partial charge < -0.3 is 21.3 Å². The molecule has 70 valence electrons. The molecule has 0 aromatic carbocycles. The van der Waals surface area contributed by atoms with E-state index in [-0.39, 0.29) is 6.54 Å². The van der Waals surface area contributed by atoms with Gasteiger partial charge in [0.1, 0.15) is 0 Å². The van der Waals surface area contributed by atoms with E-state index in [4.69, 9.17) is 10.8 Å². The Morgan fingerprint density at radius 1 is 1.75 bits per heavy atom. The minimum atomic E-state index is -1.10. The number of hydrogen-bond donors (Lipinski definition) is 4. The number of carboxylic acid groups (broad SMARTS) is 1. The van der Waals surface area contributed by atoms with E-state index < -0.39 is 17.7 Å². The van der Waals surface area contributed by atoms with Gasteiger partial charge in [-0.3, -0.25) is 0 Å². The molecule has 0 aromatic heterocycles. The van der Waals surface area contributed by atoms with Crippen molar-refractivity contribution in [2.75, 3.05) is 6.54 Å². The zero-order valence-corrected chi connectivity index (χ0v) is 6.79. The number of nitrogens with one attached hydrogen (secondary N) is 1. The summed E-state index contributed by atoms with van der Waals surface area (Å²) in [6.07, 6.45) is 0.960. The van der Waals surface area contributed by atoms with E-state index in [1.165, 1.54) is 0 Å². The van der Waals surface area contributed by atoms with Gasteiger partial charge in [-0.25, -0.2) is 4.79 Å². The molecule has 2 atom stereocenters. The minimum Gasteiger partial charge on any atom is -0.465 e. The van der Waals surface area contributed by atoms with Crippen LogP contribution in [0.2, 0.25) is 0 Å². The fraction of sp³-hybridized carbons (Fsp3) is 0.857. The van der Waals surface area contributed by atoms with Gasteiger partial charge in [0.15, 0.2) is 0 Å². The van der Waals surface area contributed by atoms with Crippen LogP contribution in [0.25, 0.3) is 0 Å². The molecular weight excluding hydrogens is 160 g/mol. The quantitative estimate of drug-likeness (QED) is 0.453. The summed E-state index contributed by atoms with van der Waals surface area (Å²) >= 11 is 0. The normalized spacial score (nSPS) is 35.0. The number of rotatable bonds is 2. The third-order valence-corrected chi connectivity index (χ3v) is 2.40. The Hall–Kier alpha value is -0.810. The van der Waals surface area contributed by atoms with Crippen LogP contribution in [0, 0.1) is 0 Å². The molecule has 0 spiro atoms. The van der Waals surface area contributed by atoms with E-state index in [1.807, 2.05) is 0 Å². The first-order chi connectivity index (χ1) is 5.58. The van der Waals surface area contributed by atoms with Crippen molar-refractivity contribution in [3.8, 4) is 0 Å². The van der Waals surface area contributed by atoms with Gasteiger partial charge in [-0.1, -0.05) is 0 Å². The molecule has 1 aliphatic carbocycles. The van der Waals surface area contributed by atoms with Crippen molar-refractivity contribution in [1.82, 2.24) is 5.32 Å². The van der Waals surface area contributed by atoms with Crippen LogP contribution in [-0.2, 0) is 0 Å². The van der Waals surface area contributed by atoms with E-state index in [0.29, 0.717) is 12.8 Å². The summed E-state index contributed by atoms with van der Waals surface area (Å²) in [5, 5.41) is 20.5. The summed E-state index contributed by atoms with van der Waals surface area (Å²) in [7, 11) is 0. The molecule has 1 saturated carbocycles. The lowest BCUT2D eigenvalue weighted by molar-refractivity contribution is 0.0296. The molecule has 12 heavy (non-hydrogen) atoms. The average Bonchev–Trinajstić information content (AvgIpc) is 2.33. The third kappa shape index (κ3) is 1.67. The van der Waals surface area contributed by atoms with Crippen molar-refractivity contribution in [1.29, 1.82) is 0 Å². The van der Waals surface area contributed by atoms with Crippen molar-refractivity contribution >= 4 is 6.09 Å². The Bertz CT molecular complexity index is 185. The zero-order chi connectivity index (χ0) is 9.19. The summed E-state index contributed by atoms with van der Waals surface area (Å²) in [6, 6.07) is -0.403. The Morgan fingerprint density at radius 3 is 2.92 bits per heavy atom. The first-order valence-corrected chi connectivity index (χ1v) is 4.00. The molecule has 5 heteroatoms. The molecule has 1 aliphatic rings. The van der Waals surface area contributed by atoms with Gasteiger partial charge in [-0.05, 0) is 19.3 Å². The minimum absolute atomic E-state index is 0.109. The summed E-state index contributed by atoms with van der Waals surface area (Å²) < 4.78 is 0. The maximum Gasteiger partial charge on any atom is 0.404 e. The Kier molecular flexibility index (Phi) is 2.54. The molecule has 5 N–H and O–H groups in total. The van der Waals surface area contributed by atoms with Crippen molar-refractivity contribution < 1.29 is 15.0 Å². The monoisotopic (exact) mass is 174 g/mol. The molecule has 1 rings (SSSR count). The van der Waals surface area contributed by atoms with Crippen LogP contribution in [0.1, 0.15) is 19.3 Å². The number of amides is 1. The summed E-state index contributed by atoms with van der Waals surface area (Å²) in [5.41, 5.74) is 4.32. The predicted octanol–water partition coefficient (Wildman–Crippen LogP) is -0.504. The van der Waals surface area contributed by atoms with Gasteiger partial charge in [0, 0.05) is 6.54 Å². The van der Waals surface area contributed by atoms with Gasteiger partial charge in [0.05, 0.1) is 11.6 Å². The largest absolute Gasteiger partial charge is 0.465 e. The molecule has 5 nitrogen and oxygen atoms in total. The van der Waals surface area contributed by atoms with Crippen LogP contribution in [0.3, 0.4) is 0 Å². The zero-order valence-electron chi connectivity index (χ0n) is 6.79. The second-order valence-electron chi connectivity index (χ2n) is 3.20.